The van der Waals surface area contributed by atoms with Crippen molar-refractivity contribution in [1.82, 2.24) is 4.57 Å². The molecule has 0 radical (unpaired) electrons. The van der Waals surface area contributed by atoms with E-state index in [9.17, 15) is 21.6 Å². The molecule has 2 rings (SSSR count). The summed E-state index contributed by atoms with van der Waals surface area (Å²) in [5.41, 5.74) is -4.26. The Bertz CT molecular complexity index is 809. The summed E-state index contributed by atoms with van der Waals surface area (Å²) in [6.07, 6.45) is 3.81. The Kier molecular flexibility index (Phi) is 4.66. The number of aromatic nitrogens is 1. The molecule has 0 spiro atoms. The van der Waals surface area contributed by atoms with Crippen LogP contribution >= 0.6 is 0 Å². The Labute approximate surface area is 133 Å². The van der Waals surface area contributed by atoms with E-state index in [1.165, 1.54) is 6.07 Å². The van der Waals surface area contributed by atoms with Gasteiger partial charge in [0.15, 0.2) is 0 Å². The summed E-state index contributed by atoms with van der Waals surface area (Å²) in [4.78, 5) is 0. The lowest BCUT2D eigenvalue weighted by Crippen LogP contribution is -2.28. The molecule has 0 bridgehead atoms. The molecule has 23 heavy (non-hydrogen) atoms. The van der Waals surface area contributed by atoms with Gasteiger partial charge < -0.3 is 8.75 Å². The zero-order valence-electron chi connectivity index (χ0n) is 13.0. The second-order valence-electron chi connectivity index (χ2n) is 5.47. The van der Waals surface area contributed by atoms with Crippen LogP contribution in [0.1, 0.15) is 38.3 Å². The van der Waals surface area contributed by atoms with Gasteiger partial charge in [-0.25, -0.2) is 0 Å². The van der Waals surface area contributed by atoms with Gasteiger partial charge in [-0.3, -0.25) is 0 Å². The van der Waals surface area contributed by atoms with Crippen molar-refractivity contribution in [3.63, 3.8) is 0 Å². The highest BCUT2D eigenvalue weighted by Gasteiger charge is 2.48. The topological polar surface area (TPSA) is 48.3 Å². The van der Waals surface area contributed by atoms with Crippen LogP contribution in [0.3, 0.4) is 0 Å². The maximum atomic E-state index is 12.4. The Hall–Kier alpha value is -1.70. The van der Waals surface area contributed by atoms with Crippen molar-refractivity contribution < 1.29 is 25.8 Å². The number of rotatable bonds is 5. The molecular weight excluding hydrogens is 331 g/mol. The van der Waals surface area contributed by atoms with Crippen molar-refractivity contribution in [2.24, 2.45) is 0 Å². The van der Waals surface area contributed by atoms with Crippen LogP contribution in [0.2, 0.25) is 0 Å². The molecule has 1 aromatic carbocycles. The van der Waals surface area contributed by atoms with Crippen LogP contribution in [0.4, 0.5) is 13.2 Å². The molecule has 0 N–H and O–H groups in total. The molecule has 2 aromatic rings. The summed E-state index contributed by atoms with van der Waals surface area (Å²) in [6, 6.07) is 4.83. The van der Waals surface area contributed by atoms with Crippen molar-refractivity contribution in [1.29, 1.82) is 0 Å². The highest BCUT2D eigenvalue weighted by molar-refractivity contribution is 7.88. The molecule has 0 aliphatic heterocycles. The lowest BCUT2D eigenvalue weighted by Gasteiger charge is -2.16. The number of nitrogens with zero attached hydrogens (tertiary/aromatic N) is 1. The smallest absolute Gasteiger partial charge is 0.376 e. The zero-order valence-corrected chi connectivity index (χ0v) is 13.8. The predicted octanol–water partition coefficient (Wildman–Crippen LogP) is 4.54. The number of hydrogen-bond donors (Lipinski definition) is 0. The Morgan fingerprint density at radius 1 is 1.26 bits per heavy atom. The maximum Gasteiger partial charge on any atom is 0.534 e. The van der Waals surface area contributed by atoms with Crippen molar-refractivity contribution in [2.75, 3.05) is 0 Å². The molecule has 1 unspecified atom stereocenters. The average molecular weight is 349 g/mol. The minimum absolute atomic E-state index is 0.238. The number of hydrogen-bond acceptors (Lipinski definition) is 3. The van der Waals surface area contributed by atoms with Crippen LogP contribution in [0.25, 0.3) is 10.9 Å². The van der Waals surface area contributed by atoms with Gasteiger partial charge in [0.25, 0.3) is 0 Å². The summed E-state index contributed by atoms with van der Waals surface area (Å²) in [7, 11) is -5.67. The van der Waals surface area contributed by atoms with E-state index in [-0.39, 0.29) is 11.8 Å². The highest BCUT2D eigenvalue weighted by Crippen LogP contribution is 2.34. The first-order valence-electron chi connectivity index (χ1n) is 7.19. The summed E-state index contributed by atoms with van der Waals surface area (Å²) in [6.45, 7) is 5.66. The van der Waals surface area contributed by atoms with E-state index >= 15 is 0 Å². The molecule has 0 aliphatic carbocycles. The molecule has 0 saturated carbocycles. The number of fused-ring (bicyclic) bond motifs is 1. The first kappa shape index (κ1) is 17.7. The van der Waals surface area contributed by atoms with E-state index in [0.717, 1.165) is 18.4 Å². The summed E-state index contributed by atoms with van der Waals surface area (Å²) < 4.78 is 65.9. The second kappa shape index (κ2) is 6.07. The third-order valence-corrected chi connectivity index (χ3v) is 4.75. The summed E-state index contributed by atoms with van der Waals surface area (Å²) >= 11 is 0. The van der Waals surface area contributed by atoms with Crippen molar-refractivity contribution in [3.8, 4) is 5.75 Å². The molecule has 0 saturated heterocycles. The molecule has 0 fully saturated rings. The molecule has 0 amide bonds. The van der Waals surface area contributed by atoms with Gasteiger partial charge in [-0.2, -0.15) is 21.6 Å². The lowest BCUT2D eigenvalue weighted by atomic mass is 10.1. The molecule has 8 heteroatoms. The second-order valence-corrected chi connectivity index (χ2v) is 7.00. The number of benzene rings is 1. The number of alkyl halides is 3. The molecule has 128 valence electrons. The third kappa shape index (κ3) is 3.31. The van der Waals surface area contributed by atoms with Crippen LogP contribution < -0.4 is 4.18 Å². The van der Waals surface area contributed by atoms with Gasteiger partial charge in [-0.05, 0) is 38.5 Å². The molecule has 1 atom stereocenters. The van der Waals surface area contributed by atoms with E-state index in [0.29, 0.717) is 10.9 Å². The van der Waals surface area contributed by atoms with E-state index < -0.39 is 15.6 Å². The van der Waals surface area contributed by atoms with Crippen molar-refractivity contribution >= 4 is 21.0 Å². The van der Waals surface area contributed by atoms with Gasteiger partial charge in [-0.1, -0.05) is 13.3 Å². The summed E-state index contributed by atoms with van der Waals surface area (Å²) in [5, 5.41) is 0.669. The van der Waals surface area contributed by atoms with Gasteiger partial charge in [0.05, 0.1) is 0 Å². The van der Waals surface area contributed by atoms with E-state index in [1.54, 1.807) is 19.1 Å². The predicted molar refractivity (Wildman–Crippen MR) is 81.9 cm³/mol. The SMILES string of the molecule is CCCC(C)n1ccc2c(C)c(OS(=O)(=O)C(F)(F)F)ccc21. The Morgan fingerprint density at radius 2 is 1.91 bits per heavy atom. The van der Waals surface area contributed by atoms with Crippen LogP contribution in [0.5, 0.6) is 5.75 Å². The van der Waals surface area contributed by atoms with Gasteiger partial charge in [0.2, 0.25) is 0 Å². The minimum Gasteiger partial charge on any atom is -0.376 e. The van der Waals surface area contributed by atoms with Gasteiger partial charge in [0, 0.05) is 28.7 Å². The molecule has 1 aromatic heterocycles. The summed E-state index contributed by atoms with van der Waals surface area (Å²) in [5.74, 6) is -0.310. The molecule has 1 heterocycles. The Morgan fingerprint density at radius 3 is 2.48 bits per heavy atom. The minimum atomic E-state index is -5.67. The van der Waals surface area contributed by atoms with Crippen molar-refractivity contribution in [3.05, 3.63) is 30.0 Å². The standard InChI is InChI=1S/C15H18F3NO3S/c1-4-5-10(2)19-9-8-12-11(3)14(7-6-13(12)19)22-23(20,21)15(16,17)18/h6-10H,4-5H2,1-3H3. The molecule has 4 nitrogen and oxygen atoms in total. The quantitative estimate of drug-likeness (QED) is 0.588. The van der Waals surface area contributed by atoms with Crippen molar-refractivity contribution in [2.45, 2.75) is 45.2 Å². The monoisotopic (exact) mass is 349 g/mol. The lowest BCUT2D eigenvalue weighted by molar-refractivity contribution is -0.0500. The number of aryl methyl sites for hydroxylation is 1. The molecule has 0 aliphatic rings. The molecular formula is C15H18F3NO3S. The van der Waals surface area contributed by atoms with E-state index in [1.807, 2.05) is 10.8 Å². The third-order valence-electron chi connectivity index (χ3n) is 3.79. The van der Waals surface area contributed by atoms with Crippen LogP contribution in [-0.2, 0) is 10.1 Å². The van der Waals surface area contributed by atoms with Gasteiger partial charge in [-0.15, -0.1) is 0 Å². The van der Waals surface area contributed by atoms with Gasteiger partial charge >= 0.3 is 15.6 Å². The first-order chi connectivity index (χ1) is 10.6. The van der Waals surface area contributed by atoms with Gasteiger partial charge in [0.1, 0.15) is 5.75 Å². The van der Waals surface area contributed by atoms with E-state index in [2.05, 4.69) is 18.0 Å². The Balaban J connectivity index is 2.45. The van der Waals surface area contributed by atoms with Crippen LogP contribution in [0, 0.1) is 6.92 Å². The zero-order chi connectivity index (χ0) is 17.4. The highest BCUT2D eigenvalue weighted by atomic mass is 32.2. The normalized spacial score (nSPS) is 14.2. The maximum absolute atomic E-state index is 12.4. The van der Waals surface area contributed by atoms with Crippen LogP contribution in [0.15, 0.2) is 24.4 Å². The number of halogens is 3. The fraction of sp³-hybridized carbons (Fsp3) is 0.467. The fourth-order valence-electron chi connectivity index (χ4n) is 2.56. The first-order valence-corrected chi connectivity index (χ1v) is 8.60. The fourth-order valence-corrected chi connectivity index (χ4v) is 3.07. The van der Waals surface area contributed by atoms with E-state index in [4.69, 9.17) is 0 Å². The largest absolute Gasteiger partial charge is 0.534 e. The van der Waals surface area contributed by atoms with Crippen LogP contribution in [-0.4, -0.2) is 18.5 Å². The average Bonchev–Trinajstić information content (AvgIpc) is 2.85.